The minimum absolute atomic E-state index is 0.0915. The second-order valence-electron chi connectivity index (χ2n) is 5.40. The zero-order valence-electron chi connectivity index (χ0n) is 10.6. The molecule has 0 amide bonds. The van der Waals surface area contributed by atoms with Crippen LogP contribution in [0.5, 0.6) is 0 Å². The monoisotopic (exact) mass is 248 g/mol. The van der Waals surface area contributed by atoms with E-state index in [1.807, 2.05) is 0 Å². The van der Waals surface area contributed by atoms with Gasteiger partial charge >= 0.3 is 0 Å². The number of likely N-dealkylation sites (tertiary alicyclic amines) is 1. The van der Waals surface area contributed by atoms with Crippen molar-refractivity contribution in [1.82, 2.24) is 4.90 Å². The highest BCUT2D eigenvalue weighted by atomic mass is 32.2. The fourth-order valence-electron chi connectivity index (χ4n) is 2.09. The molecule has 2 N–H and O–H groups in total. The van der Waals surface area contributed by atoms with Crippen molar-refractivity contribution < 1.29 is 8.42 Å². The lowest BCUT2D eigenvalue weighted by atomic mass is 9.80. The zero-order valence-corrected chi connectivity index (χ0v) is 11.4. The zero-order chi connectivity index (χ0) is 12.4. The van der Waals surface area contributed by atoms with Crippen LogP contribution in [0.15, 0.2) is 0 Å². The molecule has 16 heavy (non-hydrogen) atoms. The lowest BCUT2D eigenvalue weighted by Gasteiger charge is -2.42. The van der Waals surface area contributed by atoms with E-state index in [0.717, 1.165) is 19.5 Å². The Labute approximate surface area is 99.1 Å². The summed E-state index contributed by atoms with van der Waals surface area (Å²) < 4.78 is 22.8. The Morgan fingerprint density at radius 3 is 2.56 bits per heavy atom. The van der Waals surface area contributed by atoms with Crippen molar-refractivity contribution in [1.29, 1.82) is 0 Å². The summed E-state index contributed by atoms with van der Waals surface area (Å²) in [5.41, 5.74) is 6.13. The van der Waals surface area contributed by atoms with Gasteiger partial charge in [-0.05, 0) is 18.4 Å². The topological polar surface area (TPSA) is 63.4 Å². The van der Waals surface area contributed by atoms with Crippen molar-refractivity contribution in [2.24, 2.45) is 11.1 Å². The Hall–Kier alpha value is -0.130. The maximum absolute atomic E-state index is 11.4. The Kier molecular flexibility index (Phi) is 4.37. The van der Waals surface area contributed by atoms with E-state index in [1.54, 1.807) is 6.92 Å². The lowest BCUT2D eigenvalue weighted by molar-refractivity contribution is 0.101. The van der Waals surface area contributed by atoms with Gasteiger partial charge in [0.05, 0.1) is 5.75 Å². The van der Waals surface area contributed by atoms with Gasteiger partial charge < -0.3 is 10.6 Å². The van der Waals surface area contributed by atoms with Crippen LogP contribution in [0.25, 0.3) is 0 Å². The summed E-state index contributed by atoms with van der Waals surface area (Å²) in [6.07, 6.45) is 0.958. The summed E-state index contributed by atoms with van der Waals surface area (Å²) in [4.78, 5) is 2.22. The van der Waals surface area contributed by atoms with Gasteiger partial charge in [-0.1, -0.05) is 20.8 Å². The summed E-state index contributed by atoms with van der Waals surface area (Å²) in [5.74, 6) is 0.512. The molecule has 0 radical (unpaired) electrons. The van der Waals surface area contributed by atoms with E-state index in [4.69, 9.17) is 5.73 Å². The van der Waals surface area contributed by atoms with Gasteiger partial charge in [-0.2, -0.15) is 0 Å². The second kappa shape index (κ2) is 5.02. The standard InChI is InChI=1S/C11H24N2O2S/c1-4-16(14,15)8-7-13-6-5-10(12)11(2,3)9-13/h10H,4-9,12H2,1-3H3. The average Bonchev–Trinajstić information content (AvgIpc) is 2.20. The molecule has 1 aliphatic heterocycles. The van der Waals surface area contributed by atoms with E-state index in [2.05, 4.69) is 18.7 Å². The molecule has 4 nitrogen and oxygen atoms in total. The maximum atomic E-state index is 11.4. The minimum atomic E-state index is -2.84. The molecule has 0 spiro atoms. The molecule has 1 fully saturated rings. The van der Waals surface area contributed by atoms with Crippen LogP contribution >= 0.6 is 0 Å². The van der Waals surface area contributed by atoms with Crippen molar-refractivity contribution in [3.05, 3.63) is 0 Å². The van der Waals surface area contributed by atoms with Gasteiger partial charge in [-0.15, -0.1) is 0 Å². The van der Waals surface area contributed by atoms with Gasteiger partial charge in [0.25, 0.3) is 0 Å². The van der Waals surface area contributed by atoms with Crippen LogP contribution in [0, 0.1) is 5.41 Å². The highest BCUT2D eigenvalue weighted by molar-refractivity contribution is 7.91. The molecule has 0 aromatic rings. The van der Waals surface area contributed by atoms with Crippen molar-refractivity contribution >= 4 is 9.84 Å². The number of hydrogen-bond acceptors (Lipinski definition) is 4. The van der Waals surface area contributed by atoms with Crippen LogP contribution < -0.4 is 5.73 Å². The van der Waals surface area contributed by atoms with E-state index in [-0.39, 0.29) is 23.0 Å². The molecule has 96 valence electrons. The SMILES string of the molecule is CCS(=O)(=O)CCN1CCC(N)C(C)(C)C1. The maximum Gasteiger partial charge on any atom is 0.151 e. The third kappa shape index (κ3) is 3.71. The number of nitrogens with zero attached hydrogens (tertiary/aromatic N) is 1. The van der Waals surface area contributed by atoms with Crippen molar-refractivity contribution in [2.45, 2.75) is 33.2 Å². The quantitative estimate of drug-likeness (QED) is 0.786. The number of piperidine rings is 1. The second-order valence-corrected chi connectivity index (χ2v) is 7.87. The Balaban J connectivity index is 2.46. The van der Waals surface area contributed by atoms with Crippen LogP contribution in [0.1, 0.15) is 27.2 Å². The van der Waals surface area contributed by atoms with Crippen LogP contribution in [0.2, 0.25) is 0 Å². The lowest BCUT2D eigenvalue weighted by Crippen LogP contribution is -2.53. The number of nitrogens with two attached hydrogens (primary N) is 1. The fraction of sp³-hybridized carbons (Fsp3) is 1.00. The molecular weight excluding hydrogens is 224 g/mol. The smallest absolute Gasteiger partial charge is 0.151 e. The van der Waals surface area contributed by atoms with Gasteiger partial charge in [0.1, 0.15) is 0 Å². The number of rotatable bonds is 4. The number of hydrogen-bond donors (Lipinski definition) is 1. The summed E-state index contributed by atoms with van der Waals surface area (Å²) in [5, 5.41) is 0. The van der Waals surface area contributed by atoms with Gasteiger partial charge in [0.15, 0.2) is 9.84 Å². The molecule has 1 unspecified atom stereocenters. The van der Waals surface area contributed by atoms with Crippen LogP contribution in [-0.2, 0) is 9.84 Å². The molecule has 1 heterocycles. The fourth-order valence-corrected chi connectivity index (χ4v) is 2.91. The van der Waals surface area contributed by atoms with Gasteiger partial charge in [-0.25, -0.2) is 8.42 Å². The summed E-state index contributed by atoms with van der Waals surface area (Å²) in [6.45, 7) is 8.46. The highest BCUT2D eigenvalue weighted by Crippen LogP contribution is 2.27. The normalized spacial score (nSPS) is 26.9. The van der Waals surface area contributed by atoms with Crippen LogP contribution in [-0.4, -0.2) is 50.5 Å². The van der Waals surface area contributed by atoms with E-state index in [9.17, 15) is 8.42 Å². The Bertz CT molecular complexity index is 325. The molecule has 1 saturated heterocycles. The number of sulfone groups is 1. The molecule has 0 aliphatic carbocycles. The molecule has 5 heteroatoms. The molecule has 0 aromatic heterocycles. The van der Waals surface area contributed by atoms with Crippen molar-refractivity contribution in [3.63, 3.8) is 0 Å². The predicted octanol–water partition coefficient (Wildman–Crippen LogP) is 0.480. The molecular formula is C11H24N2O2S. The van der Waals surface area contributed by atoms with E-state index in [0.29, 0.717) is 6.54 Å². The Morgan fingerprint density at radius 1 is 1.44 bits per heavy atom. The van der Waals surface area contributed by atoms with E-state index in [1.165, 1.54) is 0 Å². The van der Waals surface area contributed by atoms with Gasteiger partial charge in [0, 0.05) is 24.9 Å². The molecule has 0 aromatic carbocycles. The van der Waals surface area contributed by atoms with E-state index >= 15 is 0 Å². The van der Waals surface area contributed by atoms with Crippen molar-refractivity contribution in [2.75, 3.05) is 31.1 Å². The molecule has 1 aliphatic rings. The van der Waals surface area contributed by atoms with Gasteiger partial charge in [0.2, 0.25) is 0 Å². The first-order valence-electron chi connectivity index (χ1n) is 5.95. The first kappa shape index (κ1) is 13.9. The Morgan fingerprint density at radius 2 is 2.06 bits per heavy atom. The molecule has 1 atom stereocenters. The molecule has 1 rings (SSSR count). The van der Waals surface area contributed by atoms with Crippen LogP contribution in [0.3, 0.4) is 0 Å². The van der Waals surface area contributed by atoms with Crippen LogP contribution in [0.4, 0.5) is 0 Å². The largest absolute Gasteiger partial charge is 0.327 e. The molecule has 0 bridgehead atoms. The summed E-state index contributed by atoms with van der Waals surface area (Å²) >= 11 is 0. The summed E-state index contributed by atoms with van der Waals surface area (Å²) in [6, 6.07) is 0.228. The van der Waals surface area contributed by atoms with Gasteiger partial charge in [-0.3, -0.25) is 0 Å². The summed E-state index contributed by atoms with van der Waals surface area (Å²) in [7, 11) is -2.84. The minimum Gasteiger partial charge on any atom is -0.327 e. The third-order valence-corrected chi connectivity index (χ3v) is 5.23. The highest BCUT2D eigenvalue weighted by Gasteiger charge is 2.33. The first-order chi connectivity index (χ1) is 7.27. The predicted molar refractivity (Wildman–Crippen MR) is 67.1 cm³/mol. The first-order valence-corrected chi connectivity index (χ1v) is 7.77. The third-order valence-electron chi connectivity index (χ3n) is 3.55. The molecule has 0 saturated carbocycles. The van der Waals surface area contributed by atoms with Crippen molar-refractivity contribution in [3.8, 4) is 0 Å². The van der Waals surface area contributed by atoms with E-state index < -0.39 is 9.84 Å². The average molecular weight is 248 g/mol.